The normalized spacial score (nSPS) is 12.5. The van der Waals surface area contributed by atoms with Gasteiger partial charge >= 0.3 is 7.60 Å². The van der Waals surface area contributed by atoms with Gasteiger partial charge in [-0.15, -0.1) is 23.7 Å². The number of ether oxygens (including phenoxy) is 2. The number of nitrogens with two attached hydrogens (primary N) is 2. The molecule has 1 atom stereocenters. The Morgan fingerprint density at radius 3 is 2.23 bits per heavy atom. The van der Waals surface area contributed by atoms with Gasteiger partial charge < -0.3 is 30.7 Å². The first-order chi connectivity index (χ1) is 17.9. The molecule has 0 aliphatic heterocycles. The van der Waals surface area contributed by atoms with Crippen molar-refractivity contribution in [1.82, 2.24) is 4.72 Å². The number of thiophene rings is 1. The summed E-state index contributed by atoms with van der Waals surface area (Å²) in [5, 5.41) is 9.46. The van der Waals surface area contributed by atoms with Gasteiger partial charge in [0, 0.05) is 16.2 Å². The molecule has 0 aliphatic carbocycles. The molecular formula is C23H29ClFN4O7PS2. The zero-order valence-corrected chi connectivity index (χ0v) is 24.1. The second-order valence-corrected chi connectivity index (χ2v) is 12.9. The van der Waals surface area contributed by atoms with Crippen LogP contribution >= 0.6 is 31.3 Å². The molecule has 39 heavy (non-hydrogen) atoms. The lowest BCUT2D eigenvalue weighted by Crippen LogP contribution is -2.28. The SMILES string of the molecule is Cc1c(S(=O)(=O)NC(c2ccc(C#N)c(F)c2)P(=O)(O)O)sc2cc(OCCCN)c(OCCCN)cc12.Cl. The van der Waals surface area contributed by atoms with Crippen molar-refractivity contribution in [3.63, 3.8) is 0 Å². The van der Waals surface area contributed by atoms with Crippen LogP contribution in [0.5, 0.6) is 11.5 Å². The third-order valence-electron chi connectivity index (χ3n) is 5.45. The van der Waals surface area contributed by atoms with Crippen molar-refractivity contribution in [2.45, 2.75) is 29.8 Å². The van der Waals surface area contributed by atoms with Crippen molar-refractivity contribution in [3.05, 3.63) is 52.8 Å². The number of hydrogen-bond acceptors (Lipinski definition) is 9. The van der Waals surface area contributed by atoms with Gasteiger partial charge in [-0.05, 0) is 62.2 Å². The number of aryl methyl sites for hydroxylation is 1. The van der Waals surface area contributed by atoms with Crippen LogP contribution in [0.2, 0.25) is 0 Å². The van der Waals surface area contributed by atoms with E-state index in [1.54, 1.807) is 25.1 Å². The molecule has 1 aromatic heterocycles. The van der Waals surface area contributed by atoms with Gasteiger partial charge in [-0.3, -0.25) is 4.57 Å². The summed E-state index contributed by atoms with van der Waals surface area (Å²) in [6, 6.07) is 7.70. The van der Waals surface area contributed by atoms with Crippen LogP contribution < -0.4 is 25.7 Å². The minimum Gasteiger partial charge on any atom is -0.490 e. The van der Waals surface area contributed by atoms with E-state index in [2.05, 4.69) is 0 Å². The molecule has 11 nitrogen and oxygen atoms in total. The maximum atomic E-state index is 14.2. The van der Waals surface area contributed by atoms with Crippen LogP contribution in [-0.4, -0.2) is 44.5 Å². The highest BCUT2D eigenvalue weighted by Crippen LogP contribution is 2.51. The number of nitriles is 1. The maximum absolute atomic E-state index is 14.2. The highest BCUT2D eigenvalue weighted by molar-refractivity contribution is 7.92. The molecule has 1 unspecified atom stereocenters. The summed E-state index contributed by atoms with van der Waals surface area (Å²) in [4.78, 5) is 19.8. The van der Waals surface area contributed by atoms with Crippen molar-refractivity contribution in [1.29, 1.82) is 5.26 Å². The van der Waals surface area contributed by atoms with Gasteiger partial charge in [0.25, 0.3) is 10.0 Å². The van der Waals surface area contributed by atoms with Crippen LogP contribution in [-0.2, 0) is 14.6 Å². The number of rotatable bonds is 13. The maximum Gasteiger partial charge on any atom is 0.347 e. The number of sulfonamides is 1. The third-order valence-corrected chi connectivity index (χ3v) is 10.0. The van der Waals surface area contributed by atoms with E-state index in [1.165, 1.54) is 0 Å². The van der Waals surface area contributed by atoms with E-state index in [-0.39, 0.29) is 27.7 Å². The van der Waals surface area contributed by atoms with E-state index >= 15 is 0 Å². The van der Waals surface area contributed by atoms with Crippen LogP contribution in [0, 0.1) is 24.1 Å². The van der Waals surface area contributed by atoms with Gasteiger partial charge in [0.15, 0.2) is 11.5 Å². The number of fused-ring (bicyclic) bond motifs is 1. The molecule has 1 heterocycles. The lowest BCUT2D eigenvalue weighted by atomic mass is 10.1. The lowest BCUT2D eigenvalue weighted by Gasteiger charge is -2.20. The predicted octanol–water partition coefficient (Wildman–Crippen LogP) is 3.25. The fourth-order valence-corrected chi connectivity index (χ4v) is 7.91. The summed E-state index contributed by atoms with van der Waals surface area (Å²) >= 11 is 0.877. The first-order valence-corrected chi connectivity index (χ1v) is 15.4. The summed E-state index contributed by atoms with van der Waals surface area (Å²) < 4.78 is 67.1. The van der Waals surface area contributed by atoms with Crippen molar-refractivity contribution in [2.75, 3.05) is 26.3 Å². The number of benzene rings is 2. The molecule has 3 rings (SSSR count). The molecule has 0 amide bonds. The number of halogens is 2. The summed E-state index contributed by atoms with van der Waals surface area (Å²) in [6.45, 7) is 3.02. The molecule has 3 aromatic rings. The topological polar surface area (TPSA) is 198 Å². The van der Waals surface area contributed by atoms with Crippen LogP contribution in [0.25, 0.3) is 10.1 Å². The quantitative estimate of drug-likeness (QED) is 0.139. The minimum absolute atomic E-state index is 0. The Kier molecular flexibility index (Phi) is 11.7. The standard InChI is InChI=1S/C23H28FN4O7PS2.ClH/c1-14-17-11-19(34-8-2-6-25)20(35-9-3-7-26)12-21(17)37-23(14)38(32,33)28-22(36(29,30)31)15-4-5-16(13-27)18(24)10-15;/h4-5,10-12,22,28H,2-3,6-9,25-26H2,1H3,(H2,29,30,31);1H. The lowest BCUT2D eigenvalue weighted by molar-refractivity contribution is 0.266. The predicted molar refractivity (Wildman–Crippen MR) is 148 cm³/mol. The van der Waals surface area contributed by atoms with E-state index in [1.807, 2.05) is 4.72 Å². The largest absolute Gasteiger partial charge is 0.490 e. The highest BCUT2D eigenvalue weighted by Gasteiger charge is 2.36. The Hall–Kier alpha value is -2.31. The molecule has 16 heteroatoms. The van der Waals surface area contributed by atoms with Gasteiger partial charge in [0.1, 0.15) is 21.9 Å². The van der Waals surface area contributed by atoms with E-state index in [0.29, 0.717) is 66.3 Å². The van der Waals surface area contributed by atoms with Gasteiger partial charge in [-0.2, -0.15) is 9.98 Å². The van der Waals surface area contributed by atoms with E-state index in [0.717, 1.165) is 29.5 Å². The molecule has 214 valence electrons. The van der Waals surface area contributed by atoms with E-state index < -0.39 is 29.2 Å². The minimum atomic E-state index is -5.15. The Labute approximate surface area is 235 Å². The fourth-order valence-electron chi connectivity index (χ4n) is 3.54. The molecular weight excluding hydrogens is 594 g/mol. The van der Waals surface area contributed by atoms with Crippen LogP contribution in [0.15, 0.2) is 34.5 Å². The molecule has 0 saturated heterocycles. The van der Waals surface area contributed by atoms with Crippen molar-refractivity contribution in [2.24, 2.45) is 11.5 Å². The van der Waals surface area contributed by atoms with Gasteiger partial charge in [0.2, 0.25) is 0 Å². The molecule has 0 spiro atoms. The third kappa shape index (κ3) is 7.88. The molecule has 0 fully saturated rings. The number of nitrogens with zero attached hydrogens (tertiary/aromatic N) is 1. The van der Waals surface area contributed by atoms with Crippen molar-refractivity contribution >= 4 is 51.4 Å². The Morgan fingerprint density at radius 1 is 1.13 bits per heavy atom. The van der Waals surface area contributed by atoms with Gasteiger partial charge in [-0.25, -0.2) is 12.8 Å². The van der Waals surface area contributed by atoms with E-state index in [9.17, 15) is 27.2 Å². The fraction of sp³-hybridized carbons (Fsp3) is 0.348. The average Bonchev–Trinajstić information content (AvgIpc) is 3.18. The van der Waals surface area contributed by atoms with Crippen LogP contribution in [0.3, 0.4) is 0 Å². The Bertz CT molecular complexity index is 1510. The second-order valence-electron chi connectivity index (χ2n) is 8.26. The first kappa shape index (κ1) is 32.9. The average molecular weight is 623 g/mol. The van der Waals surface area contributed by atoms with Gasteiger partial charge in [0.05, 0.1) is 18.8 Å². The zero-order chi connectivity index (χ0) is 28.1. The smallest absolute Gasteiger partial charge is 0.347 e. The Balaban J connectivity index is 0.00000533. The molecule has 0 radical (unpaired) electrons. The van der Waals surface area contributed by atoms with Crippen LogP contribution in [0.4, 0.5) is 4.39 Å². The van der Waals surface area contributed by atoms with E-state index in [4.69, 9.17) is 26.2 Å². The van der Waals surface area contributed by atoms with Crippen molar-refractivity contribution < 1.29 is 36.6 Å². The van der Waals surface area contributed by atoms with Gasteiger partial charge in [-0.1, -0.05) is 6.07 Å². The van der Waals surface area contributed by atoms with Crippen LogP contribution in [0.1, 0.15) is 35.3 Å². The molecule has 7 N–H and O–H groups in total. The summed E-state index contributed by atoms with van der Waals surface area (Å²) in [6.07, 6.45) is 1.18. The summed E-state index contributed by atoms with van der Waals surface area (Å²) in [5.41, 5.74) is 10.7. The summed E-state index contributed by atoms with van der Waals surface area (Å²) in [5.74, 6) is -2.33. The highest BCUT2D eigenvalue weighted by atomic mass is 35.5. The first-order valence-electron chi connectivity index (χ1n) is 11.4. The monoisotopic (exact) mass is 622 g/mol. The zero-order valence-electron chi connectivity index (χ0n) is 20.8. The molecule has 0 aliphatic rings. The molecule has 0 saturated carbocycles. The second kappa shape index (κ2) is 13.8. The molecule has 0 bridgehead atoms. The summed E-state index contributed by atoms with van der Waals surface area (Å²) in [7, 11) is -9.66. The molecule has 2 aromatic carbocycles. The Morgan fingerprint density at radius 2 is 1.72 bits per heavy atom. The van der Waals surface area contributed by atoms with Crippen molar-refractivity contribution in [3.8, 4) is 17.6 Å². The number of nitrogens with one attached hydrogen (secondary N) is 1. The number of hydrogen-bond donors (Lipinski definition) is 5.